The van der Waals surface area contributed by atoms with E-state index < -0.39 is 0 Å². The van der Waals surface area contributed by atoms with Crippen LogP contribution in [-0.4, -0.2) is 9.38 Å². The Morgan fingerprint density at radius 1 is 0.600 bits per heavy atom. The van der Waals surface area contributed by atoms with Crippen LogP contribution in [0.25, 0.3) is 80.5 Å². The molecule has 4 aromatic heterocycles. The molecular weight excluding hydrogens is 448 g/mol. The predicted octanol–water partition coefficient (Wildman–Crippen LogP) is 9.06. The third-order valence-corrected chi connectivity index (χ3v) is 8.49. The fourth-order valence-electron chi connectivity index (χ4n) is 5.83. The molecule has 0 saturated heterocycles. The van der Waals surface area contributed by atoms with Crippen LogP contribution in [0, 0.1) is 0 Å². The number of nitrogens with zero attached hydrogens (tertiary/aromatic N) is 2. The van der Waals surface area contributed by atoms with Crippen molar-refractivity contribution in [3.63, 3.8) is 0 Å². The summed E-state index contributed by atoms with van der Waals surface area (Å²) < 4.78 is 11.4. The molecule has 162 valence electrons. The number of benzene rings is 5. The highest BCUT2D eigenvalue weighted by Crippen LogP contribution is 2.43. The molecule has 4 heteroatoms. The van der Waals surface area contributed by atoms with Crippen molar-refractivity contribution in [2.75, 3.05) is 0 Å². The molecule has 9 rings (SSSR count). The molecule has 0 amide bonds. The number of fused-ring (bicyclic) bond motifs is 15. The molecule has 3 nitrogen and oxygen atoms in total. The number of imidazole rings is 1. The summed E-state index contributed by atoms with van der Waals surface area (Å²) in [6, 6.07) is 34.5. The normalized spacial score (nSPS) is 12.6. The molecular formula is C31H16N2OS. The monoisotopic (exact) mass is 464 g/mol. The Labute approximate surface area is 202 Å². The molecule has 0 unspecified atom stereocenters. The SMILES string of the molecule is c1ccc2c(c1)nc1c3c(ccc4c5ccccc5oc43)c3cc4sc5ccccc5c4cc3n21. The van der Waals surface area contributed by atoms with Gasteiger partial charge in [0.05, 0.1) is 21.9 Å². The molecule has 0 atom stereocenters. The molecule has 0 aliphatic rings. The second kappa shape index (κ2) is 6.17. The van der Waals surface area contributed by atoms with Crippen molar-refractivity contribution in [3.05, 3.63) is 97.1 Å². The van der Waals surface area contributed by atoms with Gasteiger partial charge in [0.15, 0.2) is 0 Å². The zero-order valence-corrected chi connectivity index (χ0v) is 19.3. The minimum Gasteiger partial charge on any atom is -0.455 e. The Balaban J connectivity index is 1.62. The minimum absolute atomic E-state index is 0.905. The van der Waals surface area contributed by atoms with Gasteiger partial charge in [-0.15, -0.1) is 11.3 Å². The summed E-state index contributed by atoms with van der Waals surface area (Å²) >= 11 is 1.86. The third kappa shape index (κ3) is 2.18. The zero-order chi connectivity index (χ0) is 22.7. The van der Waals surface area contributed by atoms with Gasteiger partial charge in [0.25, 0.3) is 0 Å². The van der Waals surface area contributed by atoms with Crippen molar-refractivity contribution in [1.29, 1.82) is 0 Å². The predicted molar refractivity (Wildman–Crippen MR) is 148 cm³/mol. The van der Waals surface area contributed by atoms with Crippen molar-refractivity contribution < 1.29 is 4.42 Å². The van der Waals surface area contributed by atoms with E-state index in [0.717, 1.165) is 44.0 Å². The first-order valence-electron chi connectivity index (χ1n) is 11.7. The van der Waals surface area contributed by atoms with E-state index >= 15 is 0 Å². The van der Waals surface area contributed by atoms with Gasteiger partial charge < -0.3 is 4.42 Å². The highest BCUT2D eigenvalue weighted by Gasteiger charge is 2.20. The van der Waals surface area contributed by atoms with Gasteiger partial charge in [-0.25, -0.2) is 4.98 Å². The molecule has 0 aliphatic carbocycles. The van der Waals surface area contributed by atoms with Crippen LogP contribution < -0.4 is 0 Å². The molecule has 0 N–H and O–H groups in total. The number of hydrogen-bond donors (Lipinski definition) is 0. The number of para-hydroxylation sites is 3. The fourth-order valence-corrected chi connectivity index (χ4v) is 6.96. The van der Waals surface area contributed by atoms with Gasteiger partial charge in [-0.1, -0.05) is 54.6 Å². The first-order valence-corrected chi connectivity index (χ1v) is 12.5. The lowest BCUT2D eigenvalue weighted by Gasteiger charge is -2.10. The van der Waals surface area contributed by atoms with Gasteiger partial charge in [0, 0.05) is 36.3 Å². The maximum absolute atomic E-state index is 6.50. The van der Waals surface area contributed by atoms with Crippen molar-refractivity contribution in [3.8, 4) is 0 Å². The van der Waals surface area contributed by atoms with Crippen LogP contribution in [0.3, 0.4) is 0 Å². The molecule has 0 bridgehead atoms. The number of rotatable bonds is 0. The quantitative estimate of drug-likeness (QED) is 0.210. The van der Waals surface area contributed by atoms with Crippen LogP contribution in [0.2, 0.25) is 0 Å². The van der Waals surface area contributed by atoms with Gasteiger partial charge >= 0.3 is 0 Å². The zero-order valence-electron chi connectivity index (χ0n) is 18.4. The Hall–Kier alpha value is -4.41. The summed E-state index contributed by atoms with van der Waals surface area (Å²) in [5.74, 6) is 0. The molecule has 0 fully saturated rings. The van der Waals surface area contributed by atoms with Crippen molar-refractivity contribution in [2.24, 2.45) is 0 Å². The largest absolute Gasteiger partial charge is 0.455 e. The summed E-state index contributed by atoms with van der Waals surface area (Å²) in [5.41, 5.74) is 6.03. The second-order valence-electron chi connectivity index (χ2n) is 9.19. The van der Waals surface area contributed by atoms with Gasteiger partial charge in [0.1, 0.15) is 16.8 Å². The Kier molecular flexibility index (Phi) is 3.17. The first kappa shape index (κ1) is 18.0. The van der Waals surface area contributed by atoms with Gasteiger partial charge in [-0.3, -0.25) is 4.40 Å². The number of thiophene rings is 1. The highest BCUT2D eigenvalue weighted by atomic mass is 32.1. The van der Waals surface area contributed by atoms with Crippen molar-refractivity contribution in [2.45, 2.75) is 0 Å². The van der Waals surface area contributed by atoms with E-state index in [2.05, 4.69) is 89.3 Å². The highest BCUT2D eigenvalue weighted by molar-refractivity contribution is 7.25. The van der Waals surface area contributed by atoms with E-state index in [1.165, 1.54) is 36.5 Å². The summed E-state index contributed by atoms with van der Waals surface area (Å²) in [7, 11) is 0. The lowest BCUT2D eigenvalue weighted by atomic mass is 10.0. The van der Waals surface area contributed by atoms with Crippen molar-refractivity contribution >= 4 is 91.8 Å². The van der Waals surface area contributed by atoms with E-state index in [0.29, 0.717) is 0 Å². The van der Waals surface area contributed by atoms with Crippen LogP contribution in [0.1, 0.15) is 0 Å². The molecule has 5 aromatic carbocycles. The minimum atomic E-state index is 0.905. The average molecular weight is 465 g/mol. The van der Waals surface area contributed by atoms with Crippen LogP contribution in [0.5, 0.6) is 0 Å². The average Bonchev–Trinajstić information content (AvgIpc) is 3.58. The Morgan fingerprint density at radius 3 is 2.37 bits per heavy atom. The van der Waals surface area contributed by atoms with E-state index in [9.17, 15) is 0 Å². The van der Waals surface area contributed by atoms with Crippen LogP contribution in [0.15, 0.2) is 101 Å². The van der Waals surface area contributed by atoms with E-state index in [4.69, 9.17) is 9.40 Å². The van der Waals surface area contributed by atoms with E-state index in [1.807, 2.05) is 23.5 Å². The number of furan rings is 1. The fraction of sp³-hybridized carbons (Fsp3) is 0. The molecule has 0 radical (unpaired) electrons. The Morgan fingerprint density at radius 2 is 1.40 bits per heavy atom. The summed E-state index contributed by atoms with van der Waals surface area (Å²) in [6.07, 6.45) is 0. The maximum Gasteiger partial charge on any atom is 0.150 e. The van der Waals surface area contributed by atoms with Crippen LogP contribution in [-0.2, 0) is 0 Å². The lowest BCUT2D eigenvalue weighted by molar-refractivity contribution is 0.673. The van der Waals surface area contributed by atoms with Gasteiger partial charge in [-0.2, -0.15) is 0 Å². The van der Waals surface area contributed by atoms with Crippen molar-refractivity contribution in [1.82, 2.24) is 9.38 Å². The number of hydrogen-bond acceptors (Lipinski definition) is 3. The molecule has 0 spiro atoms. The molecule has 4 heterocycles. The molecule has 0 saturated carbocycles. The molecule has 35 heavy (non-hydrogen) atoms. The molecule has 9 aromatic rings. The molecule has 0 aliphatic heterocycles. The summed E-state index contributed by atoms with van der Waals surface area (Å²) in [4.78, 5) is 5.15. The number of pyridine rings is 1. The third-order valence-electron chi connectivity index (χ3n) is 7.36. The smallest absolute Gasteiger partial charge is 0.150 e. The van der Waals surface area contributed by atoms with Gasteiger partial charge in [0.2, 0.25) is 0 Å². The topological polar surface area (TPSA) is 30.4 Å². The lowest BCUT2D eigenvalue weighted by Crippen LogP contribution is -1.92. The standard InChI is InChI=1S/C31H16N2OS/c1-5-11-26-17(7-1)20-14-13-19-21-16-28-22(18-8-2-6-12-27(18)35-28)15-25(21)33-24-10-4-3-9-23(24)32-31(33)29(19)30(20)34-26/h1-16H. The number of aromatic nitrogens is 2. The first-order chi connectivity index (χ1) is 17.3. The summed E-state index contributed by atoms with van der Waals surface area (Å²) in [5, 5.41) is 8.33. The van der Waals surface area contributed by atoms with Gasteiger partial charge in [-0.05, 0) is 47.9 Å². The van der Waals surface area contributed by atoms with Crippen LogP contribution in [0.4, 0.5) is 0 Å². The Bertz CT molecular complexity index is 2330. The van der Waals surface area contributed by atoms with E-state index in [1.54, 1.807) is 0 Å². The van der Waals surface area contributed by atoms with Crippen LogP contribution >= 0.6 is 11.3 Å². The second-order valence-corrected chi connectivity index (χ2v) is 10.3. The summed E-state index contributed by atoms with van der Waals surface area (Å²) in [6.45, 7) is 0. The maximum atomic E-state index is 6.50. The van der Waals surface area contributed by atoms with E-state index in [-0.39, 0.29) is 0 Å².